The third-order valence-electron chi connectivity index (χ3n) is 3.16. The summed E-state index contributed by atoms with van der Waals surface area (Å²) in [6.07, 6.45) is 1.77. The number of carbonyl (C=O) groups excluding carboxylic acids is 1. The summed E-state index contributed by atoms with van der Waals surface area (Å²) >= 11 is 0. The van der Waals surface area contributed by atoms with E-state index >= 15 is 0 Å². The zero-order valence-electron chi connectivity index (χ0n) is 12.7. The van der Waals surface area contributed by atoms with E-state index in [4.69, 9.17) is 4.74 Å². The van der Waals surface area contributed by atoms with E-state index in [-0.39, 0.29) is 11.6 Å². The molecule has 4 nitrogen and oxygen atoms in total. The van der Waals surface area contributed by atoms with Crippen LogP contribution in [-0.4, -0.2) is 41.3 Å². The van der Waals surface area contributed by atoms with Crippen molar-refractivity contribution in [2.45, 2.75) is 71.6 Å². The second kappa shape index (κ2) is 5.47. The van der Waals surface area contributed by atoms with Crippen molar-refractivity contribution in [2.24, 2.45) is 0 Å². The molecule has 0 bridgehead atoms. The molecule has 4 heteroatoms. The molecule has 1 amide bonds. The molecule has 0 radical (unpaired) electrons. The van der Waals surface area contributed by atoms with Gasteiger partial charge in [0.2, 0.25) is 0 Å². The van der Waals surface area contributed by atoms with Gasteiger partial charge in [-0.25, -0.2) is 4.79 Å². The van der Waals surface area contributed by atoms with Crippen LogP contribution in [0.15, 0.2) is 0 Å². The Labute approximate surface area is 111 Å². The van der Waals surface area contributed by atoms with Gasteiger partial charge in [-0.15, -0.1) is 0 Å². The number of nitrogens with one attached hydrogen (secondary N) is 1. The molecule has 0 saturated carbocycles. The van der Waals surface area contributed by atoms with Gasteiger partial charge in [-0.1, -0.05) is 13.8 Å². The summed E-state index contributed by atoms with van der Waals surface area (Å²) < 4.78 is 5.39. The maximum absolute atomic E-state index is 11.9. The number of rotatable bonds is 2. The zero-order chi connectivity index (χ0) is 14.0. The van der Waals surface area contributed by atoms with Gasteiger partial charge in [0.05, 0.1) is 0 Å². The van der Waals surface area contributed by atoms with Gasteiger partial charge in [0.25, 0.3) is 0 Å². The lowest BCUT2D eigenvalue weighted by Gasteiger charge is -2.41. The van der Waals surface area contributed by atoms with Gasteiger partial charge in [-0.05, 0) is 40.5 Å². The monoisotopic (exact) mass is 256 g/mol. The van der Waals surface area contributed by atoms with E-state index in [2.05, 4.69) is 26.1 Å². The fourth-order valence-electron chi connectivity index (χ4n) is 2.35. The third kappa shape index (κ3) is 4.84. The molecule has 1 fully saturated rings. The van der Waals surface area contributed by atoms with Gasteiger partial charge in [-0.2, -0.15) is 0 Å². The lowest BCUT2D eigenvalue weighted by atomic mass is 9.89. The van der Waals surface area contributed by atoms with Crippen molar-refractivity contribution in [3.05, 3.63) is 0 Å². The fourth-order valence-corrected chi connectivity index (χ4v) is 2.35. The number of hydrogen-bond donors (Lipinski definition) is 1. The van der Waals surface area contributed by atoms with Crippen molar-refractivity contribution in [1.29, 1.82) is 0 Å². The van der Waals surface area contributed by atoms with E-state index in [1.165, 1.54) is 0 Å². The maximum Gasteiger partial charge on any atom is 0.410 e. The van der Waals surface area contributed by atoms with Crippen molar-refractivity contribution in [3.8, 4) is 0 Å². The highest BCUT2D eigenvalue weighted by atomic mass is 16.6. The van der Waals surface area contributed by atoms with Crippen molar-refractivity contribution in [1.82, 2.24) is 10.2 Å². The zero-order valence-corrected chi connectivity index (χ0v) is 12.7. The minimum atomic E-state index is -0.409. The van der Waals surface area contributed by atoms with Gasteiger partial charge >= 0.3 is 6.09 Å². The van der Waals surface area contributed by atoms with Crippen LogP contribution in [0, 0.1) is 0 Å². The van der Waals surface area contributed by atoms with Gasteiger partial charge < -0.3 is 15.0 Å². The summed E-state index contributed by atoms with van der Waals surface area (Å²) in [5.41, 5.74) is -0.263. The summed E-state index contributed by atoms with van der Waals surface area (Å²) in [5, 5.41) is 3.59. The molecule has 106 valence electrons. The predicted molar refractivity (Wildman–Crippen MR) is 73.7 cm³/mol. The summed E-state index contributed by atoms with van der Waals surface area (Å²) in [5.74, 6) is 0. The average Bonchev–Trinajstić information content (AvgIpc) is 2.13. The molecule has 1 heterocycles. The second-order valence-corrected chi connectivity index (χ2v) is 6.83. The number of likely N-dealkylation sites (tertiary alicyclic amines) is 1. The number of piperidine rings is 1. The molecule has 1 aliphatic heterocycles. The summed E-state index contributed by atoms with van der Waals surface area (Å²) in [6.45, 7) is 13.8. The summed E-state index contributed by atoms with van der Waals surface area (Å²) in [6, 6.07) is 0.475. The van der Waals surface area contributed by atoms with Crippen LogP contribution in [0.25, 0.3) is 0 Å². The smallest absolute Gasteiger partial charge is 0.410 e. The maximum atomic E-state index is 11.9. The molecule has 0 unspecified atom stereocenters. The lowest BCUT2D eigenvalue weighted by Crippen LogP contribution is -2.54. The molecular formula is C14H28N2O2. The Morgan fingerprint density at radius 2 is 1.78 bits per heavy atom. The minimum absolute atomic E-state index is 0.146. The van der Waals surface area contributed by atoms with E-state index in [1.807, 2.05) is 25.7 Å². The van der Waals surface area contributed by atoms with Gasteiger partial charge in [0.1, 0.15) is 5.60 Å². The second-order valence-electron chi connectivity index (χ2n) is 6.83. The van der Waals surface area contributed by atoms with E-state index in [1.54, 1.807) is 0 Å². The summed E-state index contributed by atoms with van der Waals surface area (Å²) in [7, 11) is 0. The van der Waals surface area contributed by atoms with Crippen molar-refractivity contribution < 1.29 is 9.53 Å². The molecule has 0 atom stereocenters. The Bertz CT molecular complexity index is 287. The molecular weight excluding hydrogens is 228 g/mol. The van der Waals surface area contributed by atoms with Crippen molar-refractivity contribution in [2.75, 3.05) is 13.1 Å². The van der Waals surface area contributed by atoms with Gasteiger partial charge in [-0.3, -0.25) is 0 Å². The topological polar surface area (TPSA) is 41.6 Å². The Kier molecular flexibility index (Phi) is 4.65. The van der Waals surface area contributed by atoms with Crippen LogP contribution >= 0.6 is 0 Å². The Morgan fingerprint density at radius 3 is 2.17 bits per heavy atom. The first-order valence-electron chi connectivity index (χ1n) is 6.87. The van der Waals surface area contributed by atoms with Gasteiger partial charge in [0, 0.05) is 24.7 Å². The fraction of sp³-hybridized carbons (Fsp3) is 0.929. The standard InChI is InChI=1S/C14H28N2O2/c1-11(2)15-14(6)7-9-16(10-8-14)12(17)18-13(3,4)5/h11,15H,7-10H2,1-6H3. The SMILES string of the molecule is CC(C)NC1(C)CCN(C(=O)OC(C)(C)C)CC1. The first-order valence-corrected chi connectivity index (χ1v) is 6.87. The third-order valence-corrected chi connectivity index (χ3v) is 3.16. The minimum Gasteiger partial charge on any atom is -0.444 e. The number of carbonyl (C=O) groups is 1. The van der Waals surface area contributed by atoms with Crippen LogP contribution < -0.4 is 5.32 Å². The summed E-state index contributed by atoms with van der Waals surface area (Å²) in [4.78, 5) is 13.7. The van der Waals surface area contributed by atoms with E-state index in [9.17, 15) is 4.79 Å². The van der Waals surface area contributed by atoms with E-state index in [0.717, 1.165) is 25.9 Å². The lowest BCUT2D eigenvalue weighted by molar-refractivity contribution is 0.0154. The van der Waals surface area contributed by atoms with Crippen LogP contribution in [0.1, 0.15) is 54.4 Å². The van der Waals surface area contributed by atoms with E-state index < -0.39 is 5.60 Å². The van der Waals surface area contributed by atoms with Crippen LogP contribution in [0.2, 0.25) is 0 Å². The molecule has 1 aliphatic rings. The molecule has 0 spiro atoms. The Morgan fingerprint density at radius 1 is 1.28 bits per heavy atom. The molecule has 0 aromatic rings. The Balaban J connectivity index is 2.46. The first kappa shape index (κ1) is 15.3. The first-order chi connectivity index (χ1) is 8.11. The highest BCUT2D eigenvalue weighted by molar-refractivity contribution is 5.68. The molecule has 1 N–H and O–H groups in total. The predicted octanol–water partition coefficient (Wildman–Crippen LogP) is 2.77. The average molecular weight is 256 g/mol. The molecule has 1 rings (SSSR count). The number of hydrogen-bond acceptors (Lipinski definition) is 3. The molecule has 0 aromatic carbocycles. The quantitative estimate of drug-likeness (QED) is 0.826. The van der Waals surface area contributed by atoms with Crippen LogP contribution in [0.3, 0.4) is 0 Å². The normalized spacial score (nSPS) is 20.1. The molecule has 18 heavy (non-hydrogen) atoms. The van der Waals surface area contributed by atoms with Crippen LogP contribution in [-0.2, 0) is 4.74 Å². The molecule has 0 aliphatic carbocycles. The van der Waals surface area contributed by atoms with Gasteiger partial charge in [0.15, 0.2) is 0 Å². The number of ether oxygens (including phenoxy) is 1. The molecule has 1 saturated heterocycles. The van der Waals surface area contributed by atoms with Crippen LogP contribution in [0.4, 0.5) is 4.79 Å². The highest BCUT2D eigenvalue weighted by Crippen LogP contribution is 2.23. The molecule has 0 aromatic heterocycles. The van der Waals surface area contributed by atoms with Crippen molar-refractivity contribution >= 4 is 6.09 Å². The van der Waals surface area contributed by atoms with E-state index in [0.29, 0.717) is 6.04 Å². The number of nitrogens with zero attached hydrogens (tertiary/aromatic N) is 1. The van der Waals surface area contributed by atoms with Crippen molar-refractivity contribution in [3.63, 3.8) is 0 Å². The van der Waals surface area contributed by atoms with Crippen LogP contribution in [0.5, 0.6) is 0 Å². The highest BCUT2D eigenvalue weighted by Gasteiger charge is 2.33. The largest absolute Gasteiger partial charge is 0.444 e. The number of amides is 1. The Hall–Kier alpha value is -0.770.